The maximum absolute atomic E-state index is 11.7. The number of hydrogen-bond acceptors (Lipinski definition) is 4. The largest absolute Gasteiger partial charge is 0.383 e. The molecule has 5 nitrogen and oxygen atoms in total. The fourth-order valence-corrected chi connectivity index (χ4v) is 1.52. The van der Waals surface area contributed by atoms with Gasteiger partial charge in [-0.1, -0.05) is 0 Å². The maximum atomic E-state index is 11.7. The summed E-state index contributed by atoms with van der Waals surface area (Å²) in [5.74, 6) is -0.0812. The van der Waals surface area contributed by atoms with Crippen LogP contribution in [0.5, 0.6) is 0 Å². The number of carbonyl (C=O) groups is 1. The van der Waals surface area contributed by atoms with Gasteiger partial charge in [-0.3, -0.25) is 4.79 Å². The Morgan fingerprint density at radius 3 is 2.87 bits per heavy atom. The van der Waals surface area contributed by atoms with Crippen LogP contribution in [0.1, 0.15) is 6.42 Å². The number of nitrogens with zero attached hydrogens (tertiary/aromatic N) is 1. The van der Waals surface area contributed by atoms with Gasteiger partial charge in [0.1, 0.15) is 6.04 Å². The van der Waals surface area contributed by atoms with Crippen LogP contribution in [0.15, 0.2) is 0 Å². The molecule has 2 unspecified atom stereocenters. The molecular formula is C9H19ClN2O3. The first-order valence-corrected chi connectivity index (χ1v) is 4.75. The molecule has 1 aliphatic rings. The summed E-state index contributed by atoms with van der Waals surface area (Å²) >= 11 is 0. The predicted octanol–water partition coefficient (Wildman–Crippen LogP) is -0.371. The number of hydrogen-bond donors (Lipinski definition) is 1. The van der Waals surface area contributed by atoms with Crippen molar-refractivity contribution in [2.75, 3.05) is 34.0 Å². The fourth-order valence-electron chi connectivity index (χ4n) is 1.52. The van der Waals surface area contributed by atoms with Crippen molar-refractivity contribution in [2.45, 2.75) is 18.5 Å². The monoisotopic (exact) mass is 238 g/mol. The molecule has 0 bridgehead atoms. The van der Waals surface area contributed by atoms with Crippen molar-refractivity contribution in [1.82, 2.24) is 4.90 Å². The number of rotatable bonds is 4. The molecule has 1 heterocycles. The summed E-state index contributed by atoms with van der Waals surface area (Å²) in [6, 6.07) is -0.393. The van der Waals surface area contributed by atoms with Crippen LogP contribution < -0.4 is 5.73 Å². The molecule has 0 aromatic heterocycles. The Hall–Kier alpha value is -0.360. The van der Waals surface area contributed by atoms with E-state index in [4.69, 9.17) is 15.2 Å². The van der Waals surface area contributed by atoms with E-state index in [0.717, 1.165) is 13.0 Å². The number of carbonyl (C=O) groups excluding carboxylic acids is 1. The third-order valence-corrected chi connectivity index (χ3v) is 2.46. The summed E-state index contributed by atoms with van der Waals surface area (Å²) < 4.78 is 10.0. The van der Waals surface area contributed by atoms with E-state index in [1.165, 1.54) is 7.11 Å². The highest BCUT2D eigenvalue weighted by atomic mass is 35.5. The summed E-state index contributed by atoms with van der Waals surface area (Å²) in [6.45, 7) is 1.60. The van der Waals surface area contributed by atoms with Gasteiger partial charge in [-0.15, -0.1) is 12.4 Å². The van der Waals surface area contributed by atoms with Crippen molar-refractivity contribution in [2.24, 2.45) is 5.73 Å². The molecule has 0 saturated carbocycles. The zero-order valence-corrected chi connectivity index (χ0v) is 9.96. The first-order valence-electron chi connectivity index (χ1n) is 4.75. The van der Waals surface area contributed by atoms with Crippen LogP contribution in [0.4, 0.5) is 0 Å². The van der Waals surface area contributed by atoms with Crippen molar-refractivity contribution >= 4 is 18.3 Å². The first-order chi connectivity index (χ1) is 6.66. The zero-order chi connectivity index (χ0) is 10.6. The van der Waals surface area contributed by atoms with E-state index < -0.39 is 6.04 Å². The quantitative estimate of drug-likeness (QED) is 0.726. The summed E-state index contributed by atoms with van der Waals surface area (Å²) in [5.41, 5.74) is 5.64. The van der Waals surface area contributed by atoms with Gasteiger partial charge in [-0.05, 0) is 6.42 Å². The fraction of sp³-hybridized carbons (Fsp3) is 0.889. The van der Waals surface area contributed by atoms with Crippen LogP contribution in [0.3, 0.4) is 0 Å². The summed E-state index contributed by atoms with van der Waals surface area (Å²) in [4.78, 5) is 13.3. The third-order valence-electron chi connectivity index (χ3n) is 2.46. The molecule has 1 saturated heterocycles. The van der Waals surface area contributed by atoms with Gasteiger partial charge >= 0.3 is 0 Å². The molecule has 1 fully saturated rings. The number of amides is 1. The Morgan fingerprint density at radius 2 is 2.40 bits per heavy atom. The normalized spacial score (nSPS) is 21.9. The van der Waals surface area contributed by atoms with Gasteiger partial charge in [0.15, 0.2) is 0 Å². The zero-order valence-electron chi connectivity index (χ0n) is 9.14. The van der Waals surface area contributed by atoms with Gasteiger partial charge < -0.3 is 20.1 Å². The molecule has 1 aliphatic heterocycles. The number of nitrogens with two attached hydrogens (primary N) is 1. The molecule has 1 amide bonds. The molecule has 0 aliphatic carbocycles. The van der Waals surface area contributed by atoms with Crippen LogP contribution in [-0.4, -0.2) is 56.9 Å². The molecule has 90 valence electrons. The van der Waals surface area contributed by atoms with E-state index >= 15 is 0 Å². The van der Waals surface area contributed by atoms with Crippen LogP contribution >= 0.6 is 12.4 Å². The highest BCUT2D eigenvalue weighted by Gasteiger charge is 2.27. The lowest BCUT2D eigenvalue weighted by atomic mass is 10.2. The molecule has 6 heteroatoms. The van der Waals surface area contributed by atoms with Crippen LogP contribution in [0, 0.1) is 0 Å². The topological polar surface area (TPSA) is 64.8 Å². The van der Waals surface area contributed by atoms with Crippen LogP contribution in [-0.2, 0) is 14.3 Å². The Balaban J connectivity index is 0.00000196. The molecule has 0 aromatic carbocycles. The lowest BCUT2D eigenvalue weighted by Gasteiger charge is -2.25. The van der Waals surface area contributed by atoms with Crippen molar-refractivity contribution in [3.8, 4) is 0 Å². The maximum Gasteiger partial charge on any atom is 0.241 e. The average Bonchev–Trinajstić information content (AvgIpc) is 2.68. The van der Waals surface area contributed by atoms with Crippen molar-refractivity contribution in [3.63, 3.8) is 0 Å². The van der Waals surface area contributed by atoms with E-state index in [1.54, 1.807) is 11.9 Å². The average molecular weight is 239 g/mol. The first kappa shape index (κ1) is 14.6. The molecule has 0 spiro atoms. The van der Waals surface area contributed by atoms with Gasteiger partial charge in [0.2, 0.25) is 5.91 Å². The Labute approximate surface area is 96.3 Å². The molecular weight excluding hydrogens is 220 g/mol. The highest BCUT2D eigenvalue weighted by molar-refractivity contribution is 5.85. The van der Waals surface area contributed by atoms with Gasteiger partial charge in [0, 0.05) is 20.8 Å². The molecule has 2 atom stereocenters. The third kappa shape index (κ3) is 3.95. The minimum Gasteiger partial charge on any atom is -0.383 e. The van der Waals surface area contributed by atoms with E-state index in [9.17, 15) is 4.79 Å². The molecule has 15 heavy (non-hydrogen) atoms. The lowest BCUT2D eigenvalue weighted by molar-refractivity contribution is -0.134. The highest BCUT2D eigenvalue weighted by Crippen LogP contribution is 2.11. The second-order valence-corrected chi connectivity index (χ2v) is 3.53. The van der Waals surface area contributed by atoms with E-state index in [-0.39, 0.29) is 31.0 Å². The molecule has 0 aromatic rings. The molecule has 0 radical (unpaired) electrons. The Bertz CT molecular complexity index is 198. The van der Waals surface area contributed by atoms with E-state index in [2.05, 4.69) is 0 Å². The Morgan fingerprint density at radius 1 is 1.73 bits per heavy atom. The Kier molecular flexibility index (Phi) is 6.84. The minimum atomic E-state index is -0.564. The van der Waals surface area contributed by atoms with Gasteiger partial charge in [-0.2, -0.15) is 0 Å². The van der Waals surface area contributed by atoms with Crippen molar-refractivity contribution in [3.05, 3.63) is 0 Å². The summed E-state index contributed by atoms with van der Waals surface area (Å²) in [6.07, 6.45) is 0.891. The van der Waals surface area contributed by atoms with E-state index in [1.807, 2.05) is 0 Å². The van der Waals surface area contributed by atoms with Gasteiger partial charge in [-0.25, -0.2) is 0 Å². The molecule has 1 rings (SSSR count). The number of methoxy groups -OCH3 is 1. The van der Waals surface area contributed by atoms with Crippen molar-refractivity contribution in [1.29, 1.82) is 0 Å². The van der Waals surface area contributed by atoms with Gasteiger partial charge in [0.05, 0.1) is 19.3 Å². The van der Waals surface area contributed by atoms with Crippen LogP contribution in [0.2, 0.25) is 0 Å². The standard InChI is InChI=1S/C9H18N2O3.ClH/c1-11(7-3-4-14-5-7)9(12)8(10)6-13-2;/h7-8H,3-6,10H2,1-2H3;1H. The van der Waals surface area contributed by atoms with Crippen LogP contribution in [0.25, 0.3) is 0 Å². The SMILES string of the molecule is COCC(N)C(=O)N(C)C1CCOC1.Cl. The van der Waals surface area contributed by atoms with E-state index in [0.29, 0.717) is 6.61 Å². The predicted molar refractivity (Wildman–Crippen MR) is 59.1 cm³/mol. The van der Waals surface area contributed by atoms with Crippen molar-refractivity contribution < 1.29 is 14.3 Å². The number of halogens is 1. The smallest absolute Gasteiger partial charge is 0.241 e. The minimum absolute atomic E-state index is 0. The number of ether oxygens (including phenoxy) is 2. The summed E-state index contributed by atoms with van der Waals surface area (Å²) in [7, 11) is 3.29. The number of likely N-dealkylation sites (N-methyl/N-ethyl adjacent to an activating group) is 1. The lowest BCUT2D eigenvalue weighted by Crippen LogP contribution is -2.48. The summed E-state index contributed by atoms with van der Waals surface area (Å²) in [5, 5.41) is 0. The molecule has 2 N–H and O–H groups in total. The van der Waals surface area contributed by atoms with Gasteiger partial charge in [0.25, 0.3) is 0 Å². The second-order valence-electron chi connectivity index (χ2n) is 3.53. The second kappa shape index (κ2) is 7.00.